The van der Waals surface area contributed by atoms with Crippen LogP contribution >= 0.6 is 0 Å². The van der Waals surface area contributed by atoms with Crippen molar-refractivity contribution in [3.8, 4) is 0 Å². The Kier molecular flexibility index (Phi) is 7.32. The highest BCUT2D eigenvalue weighted by Gasteiger charge is 2.30. The summed E-state index contributed by atoms with van der Waals surface area (Å²) in [7, 11) is -0.999. The summed E-state index contributed by atoms with van der Waals surface area (Å²) in [5.41, 5.74) is 0. The highest BCUT2D eigenvalue weighted by molar-refractivity contribution is 7.90. The first-order valence-corrected chi connectivity index (χ1v) is 9.50. The number of nitrogens with one attached hydrogen (secondary N) is 1. The summed E-state index contributed by atoms with van der Waals surface area (Å²) in [4.78, 5) is 0. The topological polar surface area (TPSA) is 55.4 Å². The Bertz CT molecular complexity index is 337. The first-order chi connectivity index (χ1) is 8.98. The molecule has 0 aromatic heterocycles. The highest BCUT2D eigenvalue weighted by Crippen LogP contribution is 2.30. The van der Waals surface area contributed by atoms with Gasteiger partial charge in [0.15, 0.2) is 0 Å². The van der Waals surface area contributed by atoms with Crippen LogP contribution in [0.4, 0.5) is 0 Å². The van der Waals surface area contributed by atoms with E-state index in [-0.39, 0.29) is 17.9 Å². The van der Waals surface area contributed by atoms with Crippen LogP contribution in [0, 0.1) is 5.92 Å². The molecule has 5 heteroatoms. The van der Waals surface area contributed by atoms with E-state index in [4.69, 9.17) is 4.74 Å². The SMILES string of the molecule is CCOC(C1CCCCC1)C(CCS(C)(=O)=O)NC. The predicted molar refractivity (Wildman–Crippen MR) is 79.2 cm³/mol. The monoisotopic (exact) mass is 291 g/mol. The summed E-state index contributed by atoms with van der Waals surface area (Å²) in [5.74, 6) is 0.806. The van der Waals surface area contributed by atoms with Crippen molar-refractivity contribution in [3.05, 3.63) is 0 Å². The Morgan fingerprint density at radius 2 is 1.89 bits per heavy atom. The number of ether oxygens (including phenoxy) is 1. The number of sulfone groups is 1. The molecule has 19 heavy (non-hydrogen) atoms. The van der Waals surface area contributed by atoms with Gasteiger partial charge in [0.25, 0.3) is 0 Å². The maximum absolute atomic E-state index is 11.3. The van der Waals surface area contributed by atoms with Gasteiger partial charge in [-0.05, 0) is 39.2 Å². The summed E-state index contributed by atoms with van der Waals surface area (Å²) in [5, 5.41) is 3.27. The fourth-order valence-corrected chi connectivity index (χ4v) is 3.73. The molecule has 0 spiro atoms. The Hall–Kier alpha value is -0.130. The Morgan fingerprint density at radius 3 is 2.37 bits per heavy atom. The van der Waals surface area contributed by atoms with E-state index >= 15 is 0 Å². The standard InChI is InChI=1S/C14H29NO3S/c1-4-18-14(12-8-6-5-7-9-12)13(15-2)10-11-19(3,16)17/h12-15H,4-11H2,1-3H3. The molecule has 1 rings (SSSR count). The van der Waals surface area contributed by atoms with Crippen molar-refractivity contribution >= 4 is 9.84 Å². The van der Waals surface area contributed by atoms with Gasteiger partial charge in [0, 0.05) is 18.9 Å². The lowest BCUT2D eigenvalue weighted by atomic mass is 9.82. The van der Waals surface area contributed by atoms with Crippen molar-refractivity contribution in [1.29, 1.82) is 0 Å². The predicted octanol–water partition coefficient (Wildman–Crippen LogP) is 1.99. The van der Waals surface area contributed by atoms with Crippen LogP contribution in [0.15, 0.2) is 0 Å². The molecule has 1 fully saturated rings. The third-order valence-corrected chi connectivity index (χ3v) is 5.02. The fourth-order valence-electron chi connectivity index (χ4n) is 3.05. The van der Waals surface area contributed by atoms with Gasteiger partial charge in [-0.2, -0.15) is 0 Å². The maximum Gasteiger partial charge on any atom is 0.147 e. The smallest absolute Gasteiger partial charge is 0.147 e. The molecule has 1 saturated carbocycles. The minimum Gasteiger partial charge on any atom is -0.377 e. The number of hydrogen-bond donors (Lipinski definition) is 1. The van der Waals surface area contributed by atoms with Gasteiger partial charge >= 0.3 is 0 Å². The number of likely N-dealkylation sites (N-methyl/N-ethyl adjacent to an activating group) is 1. The average molecular weight is 291 g/mol. The minimum absolute atomic E-state index is 0.137. The second-order valence-electron chi connectivity index (χ2n) is 5.63. The Labute approximate surface area is 118 Å². The zero-order valence-electron chi connectivity index (χ0n) is 12.5. The van der Waals surface area contributed by atoms with Crippen LogP contribution < -0.4 is 5.32 Å². The molecule has 114 valence electrons. The average Bonchev–Trinajstić information content (AvgIpc) is 2.38. The fraction of sp³-hybridized carbons (Fsp3) is 1.00. The lowest BCUT2D eigenvalue weighted by molar-refractivity contribution is -0.0165. The molecular weight excluding hydrogens is 262 g/mol. The Balaban J connectivity index is 2.64. The van der Waals surface area contributed by atoms with Gasteiger partial charge in [0.2, 0.25) is 0 Å². The highest BCUT2D eigenvalue weighted by atomic mass is 32.2. The molecular formula is C14H29NO3S. The number of hydrogen-bond acceptors (Lipinski definition) is 4. The zero-order valence-corrected chi connectivity index (χ0v) is 13.3. The van der Waals surface area contributed by atoms with E-state index < -0.39 is 9.84 Å². The van der Waals surface area contributed by atoms with Crippen LogP contribution in [0.2, 0.25) is 0 Å². The van der Waals surface area contributed by atoms with E-state index in [9.17, 15) is 8.42 Å². The van der Waals surface area contributed by atoms with Crippen LogP contribution in [0.3, 0.4) is 0 Å². The van der Waals surface area contributed by atoms with Crippen molar-refractivity contribution in [3.63, 3.8) is 0 Å². The van der Waals surface area contributed by atoms with Crippen LogP contribution in [0.25, 0.3) is 0 Å². The summed E-state index contributed by atoms with van der Waals surface area (Å²) in [6.45, 7) is 2.71. The van der Waals surface area contributed by atoms with E-state index in [2.05, 4.69) is 5.32 Å². The molecule has 0 heterocycles. The summed E-state index contributed by atoms with van der Waals surface area (Å²) < 4.78 is 28.6. The number of rotatable bonds is 8. The molecule has 2 atom stereocenters. The second kappa shape index (κ2) is 8.22. The van der Waals surface area contributed by atoms with Crippen LogP contribution in [0.1, 0.15) is 45.4 Å². The molecule has 0 amide bonds. The molecule has 0 aromatic rings. The van der Waals surface area contributed by atoms with E-state index in [1.807, 2.05) is 14.0 Å². The van der Waals surface area contributed by atoms with Gasteiger partial charge in [-0.25, -0.2) is 8.42 Å². The third-order valence-electron chi connectivity index (χ3n) is 4.04. The molecule has 2 unspecified atom stereocenters. The molecule has 1 aliphatic rings. The largest absolute Gasteiger partial charge is 0.377 e. The van der Waals surface area contributed by atoms with E-state index in [0.717, 1.165) is 0 Å². The van der Waals surface area contributed by atoms with Gasteiger partial charge in [-0.15, -0.1) is 0 Å². The van der Waals surface area contributed by atoms with Crippen LogP contribution in [-0.2, 0) is 14.6 Å². The molecule has 1 aliphatic carbocycles. The third kappa shape index (κ3) is 6.23. The van der Waals surface area contributed by atoms with Crippen molar-refractivity contribution in [2.75, 3.05) is 25.7 Å². The zero-order chi connectivity index (χ0) is 14.3. The van der Waals surface area contributed by atoms with E-state index in [0.29, 0.717) is 18.9 Å². The minimum atomic E-state index is -2.90. The van der Waals surface area contributed by atoms with Gasteiger partial charge < -0.3 is 10.1 Å². The molecule has 0 radical (unpaired) electrons. The summed E-state index contributed by atoms with van der Waals surface area (Å²) >= 11 is 0. The van der Waals surface area contributed by atoms with Crippen molar-refractivity contribution in [2.45, 2.75) is 57.6 Å². The first kappa shape index (κ1) is 16.9. The summed E-state index contributed by atoms with van der Waals surface area (Å²) in [6.07, 6.45) is 8.38. The van der Waals surface area contributed by atoms with Crippen molar-refractivity contribution < 1.29 is 13.2 Å². The van der Waals surface area contributed by atoms with Gasteiger partial charge in [0.1, 0.15) is 9.84 Å². The van der Waals surface area contributed by atoms with Crippen LogP contribution in [-0.4, -0.2) is 46.2 Å². The molecule has 0 bridgehead atoms. The van der Waals surface area contributed by atoms with Gasteiger partial charge in [0.05, 0.1) is 11.9 Å². The molecule has 0 aromatic carbocycles. The van der Waals surface area contributed by atoms with Crippen molar-refractivity contribution in [2.24, 2.45) is 5.92 Å². The molecule has 4 nitrogen and oxygen atoms in total. The lowest BCUT2D eigenvalue weighted by Gasteiger charge is -2.35. The lowest BCUT2D eigenvalue weighted by Crippen LogP contribution is -2.45. The molecule has 0 aliphatic heterocycles. The van der Waals surface area contributed by atoms with Crippen LogP contribution in [0.5, 0.6) is 0 Å². The maximum atomic E-state index is 11.3. The van der Waals surface area contributed by atoms with Gasteiger partial charge in [-0.3, -0.25) is 0 Å². The van der Waals surface area contributed by atoms with E-state index in [1.165, 1.54) is 38.4 Å². The van der Waals surface area contributed by atoms with E-state index in [1.54, 1.807) is 0 Å². The molecule has 0 saturated heterocycles. The van der Waals surface area contributed by atoms with Crippen molar-refractivity contribution in [1.82, 2.24) is 5.32 Å². The quantitative estimate of drug-likeness (QED) is 0.743. The van der Waals surface area contributed by atoms with Gasteiger partial charge in [-0.1, -0.05) is 19.3 Å². The first-order valence-electron chi connectivity index (χ1n) is 7.44. The second-order valence-corrected chi connectivity index (χ2v) is 7.89. The summed E-state index contributed by atoms with van der Waals surface area (Å²) in [6, 6.07) is 0.137. The Morgan fingerprint density at radius 1 is 1.26 bits per heavy atom. The molecule has 1 N–H and O–H groups in total. The normalized spacial score (nSPS) is 21.2.